The van der Waals surface area contributed by atoms with Crippen LogP contribution < -0.4 is 0 Å². The highest BCUT2D eigenvalue weighted by molar-refractivity contribution is 5.72. The first-order valence-electron chi connectivity index (χ1n) is 22.7. The molecular weight excluding hydrogens is 703 g/mol. The van der Waals surface area contributed by atoms with E-state index in [4.69, 9.17) is 14.2 Å². The van der Waals surface area contributed by atoms with Crippen LogP contribution in [0, 0.1) is 0 Å². The van der Waals surface area contributed by atoms with E-state index >= 15 is 0 Å². The quantitative estimate of drug-likeness (QED) is 0.0286. The largest absolute Gasteiger partial charge is 0.477 e. The number of carboxylic acids is 1. The average molecular weight is 789 g/mol. The molecule has 324 valence electrons. The predicted octanol–water partition coefficient (Wildman–Crippen LogP) is 12.4. The van der Waals surface area contributed by atoms with Gasteiger partial charge in [-0.3, -0.25) is 9.59 Å². The molecule has 0 aromatic rings. The van der Waals surface area contributed by atoms with E-state index < -0.39 is 18.1 Å². The number of likely N-dealkylation sites (N-methyl/N-ethyl adjacent to an activating group) is 1. The van der Waals surface area contributed by atoms with Crippen LogP contribution in [-0.4, -0.2) is 80.6 Å². The number of aliphatic carboxylic acids is 1. The number of carbonyl (C=O) groups is 3. The summed E-state index contributed by atoms with van der Waals surface area (Å²) in [6.45, 7) is 4.61. The number of ether oxygens (including phenoxy) is 3. The van der Waals surface area contributed by atoms with Crippen molar-refractivity contribution in [2.75, 3.05) is 41.0 Å². The first-order chi connectivity index (χ1) is 27.1. The third kappa shape index (κ3) is 36.9. The lowest BCUT2D eigenvalue weighted by molar-refractivity contribution is -0.887. The maximum atomic E-state index is 12.7. The molecule has 0 aliphatic heterocycles. The molecule has 0 aliphatic rings. The minimum Gasteiger partial charge on any atom is -0.477 e. The molecule has 0 saturated heterocycles. The molecule has 0 heterocycles. The van der Waals surface area contributed by atoms with Gasteiger partial charge in [0.05, 0.1) is 34.4 Å². The van der Waals surface area contributed by atoms with Gasteiger partial charge in [-0.25, -0.2) is 4.79 Å². The van der Waals surface area contributed by atoms with Crippen LogP contribution >= 0.6 is 0 Å². The van der Waals surface area contributed by atoms with Gasteiger partial charge in [0.2, 0.25) is 0 Å². The highest BCUT2D eigenvalue weighted by Crippen LogP contribution is 2.15. The first kappa shape index (κ1) is 53.3. The zero-order valence-electron chi connectivity index (χ0n) is 36.8. The molecule has 56 heavy (non-hydrogen) atoms. The molecule has 2 unspecified atom stereocenters. The molecule has 0 aromatic carbocycles. The highest BCUT2D eigenvalue weighted by atomic mass is 16.6. The number of hydrogen-bond donors (Lipinski definition) is 1. The zero-order valence-corrected chi connectivity index (χ0v) is 36.8. The fourth-order valence-electron chi connectivity index (χ4n) is 6.49. The van der Waals surface area contributed by atoms with Gasteiger partial charge in [0.25, 0.3) is 0 Å². The van der Waals surface area contributed by atoms with Crippen molar-refractivity contribution in [2.45, 2.75) is 199 Å². The van der Waals surface area contributed by atoms with Gasteiger partial charge in [0.1, 0.15) is 6.61 Å². The lowest BCUT2D eigenvalue weighted by atomic mass is 10.0. The molecular formula is C48H86NO7+. The Morgan fingerprint density at radius 2 is 1.00 bits per heavy atom. The Morgan fingerprint density at radius 1 is 0.554 bits per heavy atom. The van der Waals surface area contributed by atoms with E-state index in [9.17, 15) is 19.5 Å². The summed E-state index contributed by atoms with van der Waals surface area (Å²) < 4.78 is 17.3. The highest BCUT2D eigenvalue weighted by Gasteiger charge is 2.31. The molecule has 0 rings (SSSR count). The molecule has 0 aliphatic carbocycles. The number of hydrogen-bond acceptors (Lipinski definition) is 6. The Hall–Kier alpha value is -2.71. The Morgan fingerprint density at radius 3 is 1.48 bits per heavy atom. The Balaban J connectivity index is 4.30. The number of unbranched alkanes of at least 4 members (excludes halogenated alkanes) is 18. The number of quaternary nitrogens is 1. The first-order valence-corrected chi connectivity index (χ1v) is 22.7. The topological polar surface area (TPSA) is 99.1 Å². The number of allylic oxidation sites excluding steroid dienone is 8. The fourth-order valence-corrected chi connectivity index (χ4v) is 6.49. The lowest BCUT2D eigenvalue weighted by Gasteiger charge is -2.31. The summed E-state index contributed by atoms with van der Waals surface area (Å²) in [5, 5.41) is 9.62. The predicted molar refractivity (Wildman–Crippen MR) is 234 cm³/mol. The van der Waals surface area contributed by atoms with E-state index in [1.807, 2.05) is 21.1 Å². The summed E-state index contributed by atoms with van der Waals surface area (Å²) in [5.41, 5.74) is 0. The van der Waals surface area contributed by atoms with E-state index in [-0.39, 0.29) is 36.2 Å². The Kier molecular flexibility index (Phi) is 37.2. The van der Waals surface area contributed by atoms with E-state index in [1.54, 1.807) is 0 Å². The average Bonchev–Trinajstić information content (AvgIpc) is 3.15. The van der Waals surface area contributed by atoms with Crippen molar-refractivity contribution in [3.63, 3.8) is 0 Å². The molecule has 2 atom stereocenters. The van der Waals surface area contributed by atoms with Gasteiger partial charge in [-0.15, -0.1) is 0 Å². The van der Waals surface area contributed by atoms with Crippen molar-refractivity contribution in [2.24, 2.45) is 0 Å². The molecule has 1 N–H and O–H groups in total. The third-order valence-corrected chi connectivity index (χ3v) is 9.99. The monoisotopic (exact) mass is 789 g/mol. The SMILES string of the molecule is CC/C=C/C/C=C/C/C=C/C/C=C/CCCCCCCCCC(=O)OCC(COCCC(C(=O)O)[N+](C)(C)C)OC(=O)CCCCCCCCCCCCCC. The van der Waals surface area contributed by atoms with Crippen LogP contribution in [0.4, 0.5) is 0 Å². The van der Waals surface area contributed by atoms with Gasteiger partial charge < -0.3 is 23.8 Å². The van der Waals surface area contributed by atoms with Gasteiger partial charge in [0, 0.05) is 19.3 Å². The summed E-state index contributed by atoms with van der Waals surface area (Å²) >= 11 is 0. The second-order valence-electron chi connectivity index (χ2n) is 16.3. The van der Waals surface area contributed by atoms with Gasteiger partial charge >= 0.3 is 17.9 Å². The summed E-state index contributed by atoms with van der Waals surface area (Å²) in [6.07, 6.45) is 45.8. The van der Waals surface area contributed by atoms with E-state index in [1.165, 1.54) is 83.5 Å². The second-order valence-corrected chi connectivity index (χ2v) is 16.3. The van der Waals surface area contributed by atoms with Crippen LogP contribution in [0.1, 0.15) is 187 Å². The van der Waals surface area contributed by atoms with E-state index in [0.717, 1.165) is 70.6 Å². The lowest BCUT2D eigenvalue weighted by Crippen LogP contribution is -2.50. The third-order valence-electron chi connectivity index (χ3n) is 9.99. The van der Waals surface area contributed by atoms with Crippen molar-refractivity contribution in [1.29, 1.82) is 0 Å². The molecule has 0 bridgehead atoms. The van der Waals surface area contributed by atoms with Crippen molar-refractivity contribution in [3.05, 3.63) is 48.6 Å². The fraction of sp³-hybridized carbons (Fsp3) is 0.771. The number of nitrogens with zero attached hydrogens (tertiary/aromatic N) is 1. The number of carboxylic acid groups (broad SMARTS) is 1. The maximum absolute atomic E-state index is 12.7. The van der Waals surface area contributed by atoms with Crippen molar-refractivity contribution >= 4 is 17.9 Å². The van der Waals surface area contributed by atoms with Crippen LogP contribution in [0.3, 0.4) is 0 Å². The van der Waals surface area contributed by atoms with Gasteiger partial charge in [-0.05, 0) is 51.4 Å². The maximum Gasteiger partial charge on any atom is 0.362 e. The molecule has 0 radical (unpaired) electrons. The van der Waals surface area contributed by atoms with Gasteiger partial charge in [-0.1, -0.05) is 165 Å². The molecule has 8 heteroatoms. The second kappa shape index (κ2) is 39.1. The van der Waals surface area contributed by atoms with Crippen LogP contribution in [0.25, 0.3) is 0 Å². The van der Waals surface area contributed by atoms with Crippen molar-refractivity contribution in [3.8, 4) is 0 Å². The minimum atomic E-state index is -0.877. The summed E-state index contributed by atoms with van der Waals surface area (Å²) in [4.78, 5) is 37.0. The molecule has 0 saturated carbocycles. The molecule has 0 amide bonds. The van der Waals surface area contributed by atoms with Crippen LogP contribution in [0.2, 0.25) is 0 Å². The molecule has 0 fully saturated rings. The standard InChI is InChI=1S/C48H85NO7/c1-6-8-10-12-14-16-18-20-21-22-23-24-25-26-27-29-30-32-34-36-38-46(50)55-43-44(42-54-41-40-45(48(52)53)49(3,4)5)56-47(51)39-37-35-33-31-28-19-17-15-13-11-9-7-2/h8,10,14,16,20-21,23-24,44-45H,6-7,9,11-13,15,17-19,22,25-43H2,1-5H3/p+1/b10-8+,16-14+,21-20+,24-23+. The summed E-state index contributed by atoms with van der Waals surface area (Å²) in [5.74, 6) is -1.48. The van der Waals surface area contributed by atoms with E-state index in [0.29, 0.717) is 19.3 Å². The Labute approximate surface area is 344 Å². The molecule has 0 spiro atoms. The van der Waals surface area contributed by atoms with Crippen LogP contribution in [0.5, 0.6) is 0 Å². The summed E-state index contributed by atoms with van der Waals surface area (Å²) in [6, 6.07) is -0.615. The number of esters is 2. The smallest absolute Gasteiger partial charge is 0.362 e. The minimum absolute atomic E-state index is 0.0556. The van der Waals surface area contributed by atoms with Crippen molar-refractivity contribution < 1.29 is 38.2 Å². The van der Waals surface area contributed by atoms with Crippen molar-refractivity contribution in [1.82, 2.24) is 0 Å². The van der Waals surface area contributed by atoms with E-state index in [2.05, 4.69) is 62.5 Å². The van der Waals surface area contributed by atoms with Gasteiger partial charge in [0.15, 0.2) is 12.1 Å². The molecule has 0 aromatic heterocycles. The number of rotatable bonds is 40. The van der Waals surface area contributed by atoms with Gasteiger partial charge in [-0.2, -0.15) is 0 Å². The summed E-state index contributed by atoms with van der Waals surface area (Å²) in [7, 11) is 5.52. The Bertz CT molecular complexity index is 1060. The van der Waals surface area contributed by atoms with Crippen LogP contribution in [-0.2, 0) is 28.6 Å². The number of carbonyl (C=O) groups excluding carboxylic acids is 2. The molecule has 8 nitrogen and oxygen atoms in total. The zero-order chi connectivity index (χ0) is 41.4. The normalized spacial score (nSPS) is 13.4. The van der Waals surface area contributed by atoms with Crippen LogP contribution in [0.15, 0.2) is 48.6 Å².